The van der Waals surface area contributed by atoms with Crippen molar-refractivity contribution in [2.24, 2.45) is 11.7 Å². The fraction of sp³-hybridized carbons (Fsp3) is 0.600. The Morgan fingerprint density at radius 1 is 1.45 bits per heavy atom. The molecular weight excluding hydrogens is 270 g/mol. The van der Waals surface area contributed by atoms with Crippen molar-refractivity contribution in [3.63, 3.8) is 0 Å². The van der Waals surface area contributed by atoms with Crippen LogP contribution in [0, 0.1) is 17.2 Å². The topological polar surface area (TPSA) is 78.9 Å². The lowest BCUT2D eigenvalue weighted by Crippen LogP contribution is -2.22. The molecule has 1 atom stereocenters. The number of anilines is 1. The van der Waals surface area contributed by atoms with Crippen LogP contribution in [0.2, 0.25) is 0 Å². The smallest absolute Gasteiger partial charge is 0.227 e. The molecule has 1 aromatic rings. The van der Waals surface area contributed by atoms with Crippen molar-refractivity contribution in [3.05, 3.63) is 16.0 Å². The molecule has 108 valence electrons. The molecule has 0 spiro atoms. The molecule has 0 fully saturated rings. The number of carbonyl (C=O) groups excluding carboxylic acids is 1. The first-order valence-electron chi connectivity index (χ1n) is 7.23. The third kappa shape index (κ3) is 3.20. The Kier molecular flexibility index (Phi) is 5.16. The van der Waals surface area contributed by atoms with E-state index in [0.717, 1.165) is 29.8 Å². The molecule has 5 heteroatoms. The molecule has 1 aromatic heterocycles. The van der Waals surface area contributed by atoms with E-state index in [1.54, 1.807) is 11.3 Å². The van der Waals surface area contributed by atoms with Gasteiger partial charge in [-0.05, 0) is 44.2 Å². The summed E-state index contributed by atoms with van der Waals surface area (Å²) in [5, 5.41) is 13.1. The van der Waals surface area contributed by atoms with Gasteiger partial charge in [0.15, 0.2) is 0 Å². The molecule has 1 aliphatic rings. The maximum absolute atomic E-state index is 12.1. The van der Waals surface area contributed by atoms with Crippen molar-refractivity contribution >= 4 is 22.2 Å². The van der Waals surface area contributed by atoms with Crippen molar-refractivity contribution < 1.29 is 4.79 Å². The number of fused-ring (bicyclic) bond motifs is 1. The lowest BCUT2D eigenvalue weighted by Gasteiger charge is -2.10. The van der Waals surface area contributed by atoms with Crippen LogP contribution in [0.5, 0.6) is 0 Å². The summed E-state index contributed by atoms with van der Waals surface area (Å²) in [4.78, 5) is 13.4. The van der Waals surface area contributed by atoms with E-state index < -0.39 is 0 Å². The number of thiophene rings is 1. The molecule has 1 amide bonds. The average molecular weight is 291 g/mol. The highest BCUT2D eigenvalue weighted by Gasteiger charge is 2.22. The molecule has 1 unspecified atom stereocenters. The van der Waals surface area contributed by atoms with E-state index >= 15 is 0 Å². The molecule has 4 nitrogen and oxygen atoms in total. The summed E-state index contributed by atoms with van der Waals surface area (Å²) < 4.78 is 0. The van der Waals surface area contributed by atoms with E-state index in [1.165, 1.54) is 17.7 Å². The molecule has 0 radical (unpaired) electrons. The molecule has 3 N–H and O–H groups in total. The third-order valence-corrected chi connectivity index (χ3v) is 5.02. The third-order valence-electron chi connectivity index (χ3n) is 3.82. The second-order valence-corrected chi connectivity index (χ2v) is 6.45. The summed E-state index contributed by atoms with van der Waals surface area (Å²) in [7, 11) is 0. The summed E-state index contributed by atoms with van der Waals surface area (Å²) in [5.41, 5.74) is 7.33. The molecular formula is C15H21N3OS. The van der Waals surface area contributed by atoms with E-state index in [2.05, 4.69) is 11.4 Å². The van der Waals surface area contributed by atoms with E-state index in [1.807, 2.05) is 6.92 Å². The van der Waals surface area contributed by atoms with Crippen LogP contribution in [0.25, 0.3) is 0 Å². The maximum Gasteiger partial charge on any atom is 0.227 e. The Morgan fingerprint density at radius 2 is 2.20 bits per heavy atom. The summed E-state index contributed by atoms with van der Waals surface area (Å²) >= 11 is 1.58. The molecule has 2 rings (SSSR count). The van der Waals surface area contributed by atoms with Gasteiger partial charge in [-0.3, -0.25) is 4.79 Å². The first-order valence-corrected chi connectivity index (χ1v) is 8.04. The number of aryl methyl sites for hydroxylation is 1. The van der Waals surface area contributed by atoms with Gasteiger partial charge in [0.25, 0.3) is 0 Å². The zero-order valence-corrected chi connectivity index (χ0v) is 12.7. The molecule has 20 heavy (non-hydrogen) atoms. The Balaban J connectivity index is 2.20. The average Bonchev–Trinajstić information content (AvgIpc) is 2.60. The van der Waals surface area contributed by atoms with Crippen LogP contribution in [-0.4, -0.2) is 12.5 Å². The highest BCUT2D eigenvalue weighted by molar-refractivity contribution is 7.16. The van der Waals surface area contributed by atoms with E-state index in [-0.39, 0.29) is 11.8 Å². The zero-order chi connectivity index (χ0) is 14.5. The van der Waals surface area contributed by atoms with Crippen LogP contribution >= 0.6 is 11.3 Å². The SMILES string of the molecule is CC(CCN)C(=O)Nc1sc2c(c1C#N)CCCCC2. The number of carbonyl (C=O) groups is 1. The van der Waals surface area contributed by atoms with Crippen LogP contribution in [0.1, 0.15) is 48.6 Å². The predicted octanol–water partition coefficient (Wildman–Crippen LogP) is 2.81. The molecule has 1 heterocycles. The Hall–Kier alpha value is -1.38. The van der Waals surface area contributed by atoms with Crippen LogP contribution < -0.4 is 11.1 Å². The highest BCUT2D eigenvalue weighted by atomic mass is 32.1. The molecule has 0 aromatic carbocycles. The van der Waals surface area contributed by atoms with Crippen molar-refractivity contribution in [2.75, 3.05) is 11.9 Å². The van der Waals surface area contributed by atoms with Crippen molar-refractivity contribution in [2.45, 2.75) is 45.4 Å². The van der Waals surface area contributed by atoms with Gasteiger partial charge < -0.3 is 11.1 Å². The second kappa shape index (κ2) is 6.87. The number of amides is 1. The van der Waals surface area contributed by atoms with Gasteiger partial charge in [-0.2, -0.15) is 5.26 Å². The molecule has 0 aliphatic heterocycles. The fourth-order valence-electron chi connectivity index (χ4n) is 2.57. The number of nitrogens with zero attached hydrogens (tertiary/aromatic N) is 1. The number of hydrogen-bond donors (Lipinski definition) is 2. The molecule has 1 aliphatic carbocycles. The standard InChI is InChI=1S/C15H21N3OS/c1-10(7-8-16)14(19)18-15-12(9-17)11-5-3-2-4-6-13(11)20-15/h10H,2-8,16H2,1H3,(H,18,19). The fourth-order valence-corrected chi connectivity index (χ4v) is 3.81. The Bertz CT molecular complexity index is 530. The highest BCUT2D eigenvalue weighted by Crippen LogP contribution is 2.37. The maximum atomic E-state index is 12.1. The van der Waals surface area contributed by atoms with Gasteiger partial charge in [0.2, 0.25) is 5.91 Å². The van der Waals surface area contributed by atoms with Gasteiger partial charge >= 0.3 is 0 Å². The second-order valence-electron chi connectivity index (χ2n) is 5.35. The quantitative estimate of drug-likeness (QED) is 0.837. The number of nitrogens with one attached hydrogen (secondary N) is 1. The Morgan fingerprint density at radius 3 is 2.90 bits per heavy atom. The number of nitrogens with two attached hydrogens (primary N) is 1. The summed E-state index contributed by atoms with van der Waals surface area (Å²) in [6.45, 7) is 2.37. The van der Waals surface area contributed by atoms with Gasteiger partial charge in [-0.25, -0.2) is 0 Å². The van der Waals surface area contributed by atoms with Gasteiger partial charge in [0, 0.05) is 10.8 Å². The van der Waals surface area contributed by atoms with Crippen molar-refractivity contribution in [1.29, 1.82) is 5.26 Å². The summed E-state index contributed by atoms with van der Waals surface area (Å²) in [6.07, 6.45) is 6.19. The monoisotopic (exact) mass is 291 g/mol. The lowest BCUT2D eigenvalue weighted by atomic mass is 10.1. The first-order chi connectivity index (χ1) is 9.67. The van der Waals surface area contributed by atoms with E-state index in [9.17, 15) is 10.1 Å². The molecule has 0 saturated heterocycles. The normalized spacial score (nSPS) is 15.8. The van der Waals surface area contributed by atoms with Crippen LogP contribution in [-0.2, 0) is 17.6 Å². The first kappa shape index (κ1) is 15.0. The van der Waals surface area contributed by atoms with Crippen LogP contribution in [0.15, 0.2) is 0 Å². The number of rotatable bonds is 4. The zero-order valence-electron chi connectivity index (χ0n) is 11.9. The van der Waals surface area contributed by atoms with Crippen LogP contribution in [0.4, 0.5) is 5.00 Å². The van der Waals surface area contributed by atoms with E-state index in [0.29, 0.717) is 18.5 Å². The number of nitriles is 1. The van der Waals surface area contributed by atoms with Crippen molar-refractivity contribution in [3.8, 4) is 6.07 Å². The van der Waals surface area contributed by atoms with Gasteiger partial charge in [0.05, 0.1) is 5.56 Å². The van der Waals surface area contributed by atoms with E-state index in [4.69, 9.17) is 5.73 Å². The molecule has 0 saturated carbocycles. The summed E-state index contributed by atoms with van der Waals surface area (Å²) in [6, 6.07) is 2.28. The minimum atomic E-state index is -0.117. The largest absolute Gasteiger partial charge is 0.330 e. The summed E-state index contributed by atoms with van der Waals surface area (Å²) in [5.74, 6) is -0.156. The van der Waals surface area contributed by atoms with Crippen molar-refractivity contribution in [1.82, 2.24) is 0 Å². The number of hydrogen-bond acceptors (Lipinski definition) is 4. The minimum absolute atomic E-state index is 0.0386. The van der Waals surface area contributed by atoms with Gasteiger partial charge in [-0.1, -0.05) is 13.3 Å². The van der Waals surface area contributed by atoms with Gasteiger partial charge in [-0.15, -0.1) is 11.3 Å². The predicted molar refractivity (Wildman–Crippen MR) is 81.8 cm³/mol. The Labute approximate surface area is 124 Å². The minimum Gasteiger partial charge on any atom is -0.330 e. The lowest BCUT2D eigenvalue weighted by molar-refractivity contribution is -0.119. The van der Waals surface area contributed by atoms with Gasteiger partial charge in [0.1, 0.15) is 11.1 Å². The van der Waals surface area contributed by atoms with Crippen LogP contribution in [0.3, 0.4) is 0 Å². The molecule has 0 bridgehead atoms.